The summed E-state index contributed by atoms with van der Waals surface area (Å²) in [6.07, 6.45) is 3.72. The van der Waals surface area contributed by atoms with Gasteiger partial charge in [-0.05, 0) is 31.9 Å². The topological polar surface area (TPSA) is 58.5 Å². The number of rotatable bonds is 8. The molecular formula is C18H26N4OS. The maximum Gasteiger partial charge on any atom is 0.191 e. The summed E-state index contributed by atoms with van der Waals surface area (Å²) in [4.78, 5) is 9.88. The van der Waals surface area contributed by atoms with E-state index in [0.29, 0.717) is 6.61 Å². The van der Waals surface area contributed by atoms with E-state index in [0.717, 1.165) is 42.6 Å². The number of hydrogen-bond acceptors (Lipinski definition) is 4. The molecule has 0 saturated heterocycles. The van der Waals surface area contributed by atoms with Gasteiger partial charge in [0, 0.05) is 37.6 Å². The summed E-state index contributed by atoms with van der Waals surface area (Å²) < 4.78 is 5.66. The third kappa shape index (κ3) is 5.85. The van der Waals surface area contributed by atoms with Crippen molar-refractivity contribution in [3.05, 3.63) is 45.9 Å². The van der Waals surface area contributed by atoms with Crippen LogP contribution in [0.4, 0.5) is 0 Å². The van der Waals surface area contributed by atoms with Gasteiger partial charge in [0.25, 0.3) is 0 Å². The van der Waals surface area contributed by atoms with Crippen molar-refractivity contribution in [2.75, 3.05) is 26.7 Å². The van der Waals surface area contributed by atoms with Crippen LogP contribution in [0.3, 0.4) is 0 Å². The van der Waals surface area contributed by atoms with Crippen LogP contribution in [0.25, 0.3) is 0 Å². The van der Waals surface area contributed by atoms with Gasteiger partial charge in [-0.15, -0.1) is 11.3 Å². The average molecular weight is 346 g/mol. The van der Waals surface area contributed by atoms with Crippen molar-refractivity contribution in [3.8, 4) is 5.75 Å². The molecule has 0 amide bonds. The van der Waals surface area contributed by atoms with Crippen molar-refractivity contribution in [1.29, 1.82) is 0 Å². The molecule has 0 radical (unpaired) electrons. The molecule has 0 unspecified atom stereocenters. The Balaban J connectivity index is 1.73. The summed E-state index contributed by atoms with van der Waals surface area (Å²) in [7, 11) is 1.79. The fourth-order valence-corrected chi connectivity index (χ4v) is 3.13. The molecular weight excluding hydrogens is 320 g/mol. The lowest BCUT2D eigenvalue weighted by Gasteiger charge is -2.13. The Hall–Kier alpha value is -2.08. The van der Waals surface area contributed by atoms with Crippen LogP contribution in [0.15, 0.2) is 35.5 Å². The first-order chi connectivity index (χ1) is 11.7. The lowest BCUT2D eigenvalue weighted by Crippen LogP contribution is -2.39. The largest absolute Gasteiger partial charge is 0.494 e. The molecule has 0 bridgehead atoms. The molecule has 130 valence electrons. The van der Waals surface area contributed by atoms with Gasteiger partial charge in [0.2, 0.25) is 0 Å². The minimum absolute atomic E-state index is 0.684. The van der Waals surface area contributed by atoms with Crippen LogP contribution in [-0.4, -0.2) is 37.7 Å². The van der Waals surface area contributed by atoms with Crippen molar-refractivity contribution < 1.29 is 4.74 Å². The van der Waals surface area contributed by atoms with E-state index >= 15 is 0 Å². The third-order valence-corrected chi connectivity index (χ3v) is 4.46. The molecule has 2 rings (SSSR count). The van der Waals surface area contributed by atoms with Gasteiger partial charge in [-0.25, -0.2) is 4.98 Å². The molecule has 0 spiro atoms. The zero-order valence-electron chi connectivity index (χ0n) is 14.6. The molecule has 0 aliphatic heterocycles. The zero-order chi connectivity index (χ0) is 17.2. The minimum atomic E-state index is 0.684. The Labute approximate surface area is 148 Å². The molecule has 0 aliphatic rings. The lowest BCUT2D eigenvalue weighted by molar-refractivity contribution is 0.336. The van der Waals surface area contributed by atoms with Crippen molar-refractivity contribution in [3.63, 3.8) is 0 Å². The highest BCUT2D eigenvalue weighted by atomic mass is 32.1. The van der Waals surface area contributed by atoms with Crippen molar-refractivity contribution >= 4 is 17.3 Å². The quantitative estimate of drug-likeness (QED) is 0.570. The standard InChI is InChI=1S/C18H26N4OS/c1-4-23-16-8-6-5-7-15(16)9-11-20-18(19-3)21-12-10-17-22-13-14(2)24-17/h5-8,13H,4,9-12H2,1-3H3,(H2,19,20,21). The predicted molar refractivity (Wildman–Crippen MR) is 101 cm³/mol. The van der Waals surface area contributed by atoms with E-state index in [2.05, 4.69) is 33.6 Å². The second kappa shape index (κ2) is 9.93. The first-order valence-corrected chi connectivity index (χ1v) is 9.11. The maximum atomic E-state index is 5.66. The molecule has 24 heavy (non-hydrogen) atoms. The fourth-order valence-electron chi connectivity index (χ4n) is 2.35. The summed E-state index contributed by atoms with van der Waals surface area (Å²) in [6.45, 7) is 6.39. The molecule has 0 saturated carbocycles. The first-order valence-electron chi connectivity index (χ1n) is 8.29. The van der Waals surface area contributed by atoms with Crippen molar-refractivity contribution in [2.24, 2.45) is 4.99 Å². The molecule has 0 atom stereocenters. The maximum absolute atomic E-state index is 5.66. The van der Waals surface area contributed by atoms with Crippen LogP contribution in [0.2, 0.25) is 0 Å². The Kier molecular flexibility index (Phi) is 7.55. The summed E-state index contributed by atoms with van der Waals surface area (Å²) in [5.74, 6) is 1.78. The van der Waals surface area contributed by atoms with E-state index in [4.69, 9.17) is 4.74 Å². The van der Waals surface area contributed by atoms with Gasteiger partial charge in [-0.2, -0.15) is 0 Å². The van der Waals surface area contributed by atoms with E-state index in [1.807, 2.05) is 31.3 Å². The molecule has 0 fully saturated rings. The van der Waals surface area contributed by atoms with Crippen LogP contribution in [-0.2, 0) is 12.8 Å². The van der Waals surface area contributed by atoms with Gasteiger partial charge in [0.15, 0.2) is 5.96 Å². The molecule has 2 N–H and O–H groups in total. The lowest BCUT2D eigenvalue weighted by atomic mass is 10.1. The van der Waals surface area contributed by atoms with Gasteiger partial charge in [0.1, 0.15) is 5.75 Å². The first kappa shape index (κ1) is 18.3. The van der Waals surface area contributed by atoms with E-state index in [9.17, 15) is 0 Å². The van der Waals surface area contributed by atoms with Crippen molar-refractivity contribution in [2.45, 2.75) is 26.7 Å². The highest BCUT2D eigenvalue weighted by molar-refractivity contribution is 7.11. The van der Waals surface area contributed by atoms with E-state index in [1.54, 1.807) is 18.4 Å². The summed E-state index contributed by atoms with van der Waals surface area (Å²) in [5.41, 5.74) is 1.21. The number of ether oxygens (including phenoxy) is 1. The number of hydrogen-bond donors (Lipinski definition) is 2. The second-order valence-corrected chi connectivity index (χ2v) is 6.65. The number of nitrogens with one attached hydrogen (secondary N) is 2. The van der Waals surface area contributed by atoms with Gasteiger partial charge < -0.3 is 15.4 Å². The van der Waals surface area contributed by atoms with Crippen LogP contribution in [0.1, 0.15) is 22.4 Å². The number of aryl methyl sites for hydroxylation is 1. The number of aromatic nitrogens is 1. The van der Waals surface area contributed by atoms with Crippen LogP contribution in [0, 0.1) is 6.92 Å². The molecule has 0 aliphatic carbocycles. The Morgan fingerprint density at radius 1 is 1.21 bits per heavy atom. The Morgan fingerprint density at radius 3 is 2.62 bits per heavy atom. The average Bonchev–Trinajstić information content (AvgIpc) is 3.00. The number of thiazole rings is 1. The highest BCUT2D eigenvalue weighted by Gasteiger charge is 2.04. The minimum Gasteiger partial charge on any atom is -0.494 e. The van der Waals surface area contributed by atoms with Gasteiger partial charge in [0.05, 0.1) is 11.6 Å². The number of para-hydroxylation sites is 1. The molecule has 1 aromatic heterocycles. The van der Waals surface area contributed by atoms with E-state index in [-0.39, 0.29) is 0 Å². The monoisotopic (exact) mass is 346 g/mol. The Morgan fingerprint density at radius 2 is 1.96 bits per heavy atom. The zero-order valence-corrected chi connectivity index (χ0v) is 15.4. The summed E-state index contributed by atoms with van der Waals surface area (Å²) >= 11 is 1.74. The number of aliphatic imine (C=N–C) groups is 1. The second-order valence-electron chi connectivity index (χ2n) is 5.33. The molecule has 6 heteroatoms. The summed E-state index contributed by atoms with van der Waals surface area (Å²) in [5, 5.41) is 7.83. The van der Waals surface area contributed by atoms with Gasteiger partial charge >= 0.3 is 0 Å². The normalized spacial score (nSPS) is 11.4. The number of nitrogens with zero attached hydrogens (tertiary/aromatic N) is 2. The summed E-state index contributed by atoms with van der Waals surface area (Å²) in [6, 6.07) is 8.17. The van der Waals surface area contributed by atoms with E-state index in [1.165, 1.54) is 10.4 Å². The van der Waals surface area contributed by atoms with Crippen LogP contribution >= 0.6 is 11.3 Å². The highest BCUT2D eigenvalue weighted by Crippen LogP contribution is 2.17. The Bertz CT molecular complexity index is 654. The molecule has 5 nitrogen and oxygen atoms in total. The van der Waals surface area contributed by atoms with Crippen LogP contribution < -0.4 is 15.4 Å². The smallest absolute Gasteiger partial charge is 0.191 e. The third-order valence-electron chi connectivity index (χ3n) is 3.48. The molecule has 2 aromatic rings. The molecule has 1 heterocycles. The molecule has 1 aromatic carbocycles. The van der Waals surface area contributed by atoms with E-state index < -0.39 is 0 Å². The van der Waals surface area contributed by atoms with Gasteiger partial charge in [-0.1, -0.05) is 18.2 Å². The number of guanidine groups is 1. The SMILES string of the molecule is CCOc1ccccc1CCNC(=NC)NCCc1ncc(C)s1. The fraction of sp³-hybridized carbons (Fsp3) is 0.444. The van der Waals surface area contributed by atoms with Crippen LogP contribution in [0.5, 0.6) is 5.75 Å². The van der Waals surface area contributed by atoms with Gasteiger partial charge in [-0.3, -0.25) is 4.99 Å². The predicted octanol–water partition coefficient (Wildman–Crippen LogP) is 2.80. The van der Waals surface area contributed by atoms with Crippen molar-refractivity contribution in [1.82, 2.24) is 15.6 Å². The number of benzene rings is 1.